The molecule has 1 fully saturated rings. The van der Waals surface area contributed by atoms with E-state index in [-0.39, 0.29) is 0 Å². The molecule has 162 valence electrons. The average molecular weight is 423 g/mol. The third-order valence-electron chi connectivity index (χ3n) is 5.18. The first-order valence-electron chi connectivity index (χ1n) is 9.93. The van der Waals surface area contributed by atoms with Gasteiger partial charge in [-0.1, -0.05) is 60.2 Å². The van der Waals surface area contributed by atoms with E-state index >= 15 is 0 Å². The number of aryl methyl sites for hydroxylation is 1. The average Bonchev–Trinajstić information content (AvgIpc) is 2.97. The summed E-state index contributed by atoms with van der Waals surface area (Å²) < 4.78 is 5.12. The van der Waals surface area contributed by atoms with Gasteiger partial charge in [0.25, 0.3) is 11.8 Å². The molecule has 0 aromatic heterocycles. The number of hydrogen-bond donors (Lipinski definition) is 2. The molecule has 2 atom stereocenters. The highest BCUT2D eigenvalue weighted by Crippen LogP contribution is 2.28. The van der Waals surface area contributed by atoms with Gasteiger partial charge in [0.15, 0.2) is 6.10 Å². The molecule has 4 amide bonds. The first kappa shape index (κ1) is 22.0. The van der Waals surface area contributed by atoms with Crippen molar-refractivity contribution in [2.45, 2.75) is 39.0 Å². The lowest BCUT2D eigenvalue weighted by Crippen LogP contribution is -2.42. The minimum atomic E-state index is -1.27. The SMILES string of the molecule is Cc1ccc([C@@]2(C)NC(=O)N(CC(=O)O[C@@H](C)C(=O)NCc3ccccc3)C2=O)cc1. The number of carbonyl (C=O) groups excluding carboxylic acids is 4. The largest absolute Gasteiger partial charge is 0.451 e. The molecule has 3 rings (SSSR count). The van der Waals surface area contributed by atoms with Gasteiger partial charge in [-0.15, -0.1) is 0 Å². The van der Waals surface area contributed by atoms with E-state index in [9.17, 15) is 19.2 Å². The number of rotatable bonds is 7. The lowest BCUT2D eigenvalue weighted by molar-refractivity contribution is -0.156. The Morgan fingerprint density at radius 2 is 1.74 bits per heavy atom. The molecule has 2 aromatic rings. The van der Waals surface area contributed by atoms with Crippen LogP contribution >= 0.6 is 0 Å². The summed E-state index contributed by atoms with van der Waals surface area (Å²) in [6, 6.07) is 15.8. The Labute approximate surface area is 180 Å². The lowest BCUT2D eigenvalue weighted by Gasteiger charge is -2.22. The van der Waals surface area contributed by atoms with Gasteiger partial charge in [-0.2, -0.15) is 0 Å². The van der Waals surface area contributed by atoms with E-state index in [1.807, 2.05) is 49.4 Å². The van der Waals surface area contributed by atoms with Crippen molar-refractivity contribution >= 4 is 23.8 Å². The van der Waals surface area contributed by atoms with Crippen LogP contribution in [0, 0.1) is 6.92 Å². The Bertz CT molecular complexity index is 990. The van der Waals surface area contributed by atoms with Crippen molar-refractivity contribution in [3.63, 3.8) is 0 Å². The molecule has 8 heteroatoms. The molecular weight excluding hydrogens is 398 g/mol. The smallest absolute Gasteiger partial charge is 0.327 e. The van der Waals surface area contributed by atoms with Crippen molar-refractivity contribution in [1.29, 1.82) is 0 Å². The number of benzene rings is 2. The van der Waals surface area contributed by atoms with E-state index in [1.165, 1.54) is 6.92 Å². The van der Waals surface area contributed by atoms with Crippen LogP contribution in [0.5, 0.6) is 0 Å². The Balaban J connectivity index is 1.57. The topological polar surface area (TPSA) is 105 Å². The Morgan fingerprint density at radius 3 is 2.39 bits per heavy atom. The van der Waals surface area contributed by atoms with Crippen molar-refractivity contribution in [1.82, 2.24) is 15.5 Å². The third-order valence-corrected chi connectivity index (χ3v) is 5.18. The van der Waals surface area contributed by atoms with Crippen LogP contribution in [0.4, 0.5) is 4.79 Å². The summed E-state index contributed by atoms with van der Waals surface area (Å²) in [5.41, 5.74) is 1.26. The number of urea groups is 1. The van der Waals surface area contributed by atoms with Gasteiger partial charge in [-0.25, -0.2) is 4.79 Å². The molecule has 31 heavy (non-hydrogen) atoms. The number of amides is 4. The highest BCUT2D eigenvalue weighted by molar-refractivity contribution is 6.08. The fourth-order valence-corrected chi connectivity index (χ4v) is 3.27. The minimum absolute atomic E-state index is 0.295. The standard InChI is InChI=1S/C23H25N3O5/c1-15-9-11-18(12-10-15)23(3)21(29)26(22(30)25-23)14-19(27)31-16(2)20(28)24-13-17-7-5-4-6-8-17/h4-12,16H,13-14H2,1-3H3,(H,24,28)(H,25,30)/t16-,23+/m0/s1. The van der Waals surface area contributed by atoms with Gasteiger partial charge in [-0.05, 0) is 31.9 Å². The second-order valence-corrected chi connectivity index (χ2v) is 7.65. The molecular formula is C23H25N3O5. The molecule has 2 aromatic carbocycles. The summed E-state index contributed by atoms with van der Waals surface area (Å²) in [5.74, 6) is -1.88. The van der Waals surface area contributed by atoms with Gasteiger partial charge in [0.05, 0.1) is 0 Å². The zero-order valence-electron chi connectivity index (χ0n) is 17.7. The van der Waals surface area contributed by atoms with Gasteiger partial charge in [-0.3, -0.25) is 19.3 Å². The van der Waals surface area contributed by atoms with E-state index in [0.717, 1.165) is 16.0 Å². The molecule has 8 nitrogen and oxygen atoms in total. The Kier molecular flexibility index (Phi) is 6.39. The summed E-state index contributed by atoms with van der Waals surface area (Å²) in [6.07, 6.45) is -1.07. The molecule has 2 N–H and O–H groups in total. The van der Waals surface area contributed by atoms with Crippen molar-refractivity contribution in [2.24, 2.45) is 0 Å². The maximum atomic E-state index is 12.9. The highest BCUT2D eigenvalue weighted by atomic mass is 16.5. The van der Waals surface area contributed by atoms with Gasteiger partial charge >= 0.3 is 12.0 Å². The summed E-state index contributed by atoms with van der Waals surface area (Å²) in [5, 5.41) is 5.31. The van der Waals surface area contributed by atoms with Gasteiger partial charge in [0.1, 0.15) is 12.1 Å². The number of carbonyl (C=O) groups is 4. The maximum absolute atomic E-state index is 12.9. The van der Waals surface area contributed by atoms with Crippen LogP contribution in [0.25, 0.3) is 0 Å². The van der Waals surface area contributed by atoms with E-state index in [1.54, 1.807) is 19.1 Å². The zero-order chi connectivity index (χ0) is 22.6. The van der Waals surface area contributed by atoms with Crippen molar-refractivity contribution in [3.8, 4) is 0 Å². The van der Waals surface area contributed by atoms with Crippen LogP contribution in [0.3, 0.4) is 0 Å². The van der Waals surface area contributed by atoms with Crippen LogP contribution in [-0.2, 0) is 31.2 Å². The molecule has 1 aliphatic heterocycles. The number of nitrogens with one attached hydrogen (secondary N) is 2. The summed E-state index contributed by atoms with van der Waals surface area (Å²) in [7, 11) is 0. The predicted molar refractivity (Wildman–Crippen MR) is 113 cm³/mol. The first-order chi connectivity index (χ1) is 14.7. The van der Waals surface area contributed by atoms with Gasteiger partial charge < -0.3 is 15.4 Å². The van der Waals surface area contributed by atoms with Crippen LogP contribution in [0.15, 0.2) is 54.6 Å². The molecule has 1 aliphatic rings. The van der Waals surface area contributed by atoms with Crippen molar-refractivity contribution < 1.29 is 23.9 Å². The first-order valence-corrected chi connectivity index (χ1v) is 9.93. The highest BCUT2D eigenvalue weighted by Gasteiger charge is 2.49. The van der Waals surface area contributed by atoms with E-state index in [4.69, 9.17) is 4.74 Å². The van der Waals surface area contributed by atoms with Gasteiger partial charge in [0.2, 0.25) is 0 Å². The summed E-state index contributed by atoms with van der Waals surface area (Å²) in [6.45, 7) is 4.65. The maximum Gasteiger partial charge on any atom is 0.327 e. The predicted octanol–water partition coefficient (Wildman–Crippen LogP) is 2.01. The Morgan fingerprint density at radius 1 is 1.10 bits per heavy atom. The second kappa shape index (κ2) is 8.99. The molecule has 1 saturated heterocycles. The fraction of sp³-hybridized carbons (Fsp3) is 0.304. The van der Waals surface area contributed by atoms with Crippen LogP contribution in [-0.4, -0.2) is 41.4 Å². The fourth-order valence-electron chi connectivity index (χ4n) is 3.27. The molecule has 0 saturated carbocycles. The van der Waals surface area contributed by atoms with Crippen LogP contribution in [0.2, 0.25) is 0 Å². The monoisotopic (exact) mass is 423 g/mol. The molecule has 0 spiro atoms. The van der Waals surface area contributed by atoms with E-state index < -0.39 is 42.0 Å². The molecule has 0 radical (unpaired) electrons. The molecule has 0 aliphatic carbocycles. The zero-order valence-corrected chi connectivity index (χ0v) is 17.7. The van der Waals surface area contributed by atoms with Crippen LogP contribution in [0.1, 0.15) is 30.5 Å². The number of hydrogen-bond acceptors (Lipinski definition) is 5. The second-order valence-electron chi connectivity index (χ2n) is 7.65. The number of nitrogens with zero attached hydrogens (tertiary/aromatic N) is 1. The molecule has 1 heterocycles. The minimum Gasteiger partial charge on any atom is -0.451 e. The quantitative estimate of drug-likeness (QED) is 0.524. The van der Waals surface area contributed by atoms with Gasteiger partial charge in [0, 0.05) is 6.54 Å². The number of ether oxygens (including phenoxy) is 1. The third kappa shape index (κ3) is 4.91. The van der Waals surface area contributed by atoms with Crippen molar-refractivity contribution in [3.05, 3.63) is 71.3 Å². The molecule has 0 bridgehead atoms. The normalized spacial score (nSPS) is 19.0. The van der Waals surface area contributed by atoms with Crippen molar-refractivity contribution in [2.75, 3.05) is 6.54 Å². The van der Waals surface area contributed by atoms with E-state index in [0.29, 0.717) is 12.1 Å². The lowest BCUT2D eigenvalue weighted by atomic mass is 9.91. The summed E-state index contributed by atoms with van der Waals surface area (Å²) >= 11 is 0. The number of esters is 1. The summed E-state index contributed by atoms with van der Waals surface area (Å²) in [4.78, 5) is 50.5. The molecule has 0 unspecified atom stereocenters. The van der Waals surface area contributed by atoms with E-state index in [2.05, 4.69) is 10.6 Å². The van der Waals surface area contributed by atoms with Crippen LogP contribution < -0.4 is 10.6 Å². The number of imide groups is 1. The Hall–Kier alpha value is -3.68.